The van der Waals surface area contributed by atoms with Crippen LogP contribution in [0.1, 0.15) is 23.2 Å². The van der Waals surface area contributed by atoms with Crippen LogP contribution in [0.5, 0.6) is 0 Å². The van der Waals surface area contributed by atoms with Crippen LogP contribution >= 0.6 is 15.9 Å². The Morgan fingerprint density at radius 1 is 1.60 bits per heavy atom. The number of nitrogens with two attached hydrogens (primary N) is 1. The second kappa shape index (κ2) is 5.14. The number of halogens is 3. The van der Waals surface area contributed by atoms with Gasteiger partial charge in [-0.2, -0.15) is 5.26 Å². The summed E-state index contributed by atoms with van der Waals surface area (Å²) < 4.78 is 25.9. The minimum absolute atomic E-state index is 0.0641. The Bertz CT molecular complexity index is 401. The minimum atomic E-state index is -2.67. The standard InChI is InChI=1S/C9H8BrF2N3/c10-6-4-15-7(3-14)8(9(11)12)5(6)1-2-13/h4,9H,1,3,14H2. The van der Waals surface area contributed by atoms with Gasteiger partial charge in [0, 0.05) is 22.8 Å². The van der Waals surface area contributed by atoms with E-state index in [0.717, 1.165) is 0 Å². The lowest BCUT2D eigenvalue weighted by Gasteiger charge is -2.11. The molecule has 0 fully saturated rings. The third-order valence-corrected chi connectivity index (χ3v) is 2.61. The molecule has 3 nitrogen and oxygen atoms in total. The molecule has 0 atom stereocenters. The van der Waals surface area contributed by atoms with Gasteiger partial charge in [-0.05, 0) is 21.5 Å². The van der Waals surface area contributed by atoms with E-state index in [9.17, 15) is 8.78 Å². The van der Waals surface area contributed by atoms with Crippen molar-refractivity contribution in [1.82, 2.24) is 4.98 Å². The largest absolute Gasteiger partial charge is 0.325 e. The lowest BCUT2D eigenvalue weighted by Crippen LogP contribution is -2.08. The highest BCUT2D eigenvalue weighted by molar-refractivity contribution is 9.10. The summed E-state index contributed by atoms with van der Waals surface area (Å²) >= 11 is 3.09. The number of alkyl halides is 2. The van der Waals surface area contributed by atoms with Gasteiger partial charge in [0.2, 0.25) is 0 Å². The lowest BCUT2D eigenvalue weighted by atomic mass is 10.0. The van der Waals surface area contributed by atoms with E-state index < -0.39 is 6.43 Å². The van der Waals surface area contributed by atoms with E-state index in [4.69, 9.17) is 11.0 Å². The van der Waals surface area contributed by atoms with Gasteiger partial charge in [0.1, 0.15) is 0 Å². The summed E-state index contributed by atoms with van der Waals surface area (Å²) in [6.45, 7) is -0.0641. The molecule has 0 unspecified atom stereocenters. The smallest absolute Gasteiger partial charge is 0.265 e. The molecule has 80 valence electrons. The predicted octanol–water partition coefficient (Wildman–Crippen LogP) is 2.31. The molecule has 0 spiro atoms. The Kier molecular flexibility index (Phi) is 4.12. The van der Waals surface area contributed by atoms with Crippen molar-refractivity contribution < 1.29 is 8.78 Å². The zero-order chi connectivity index (χ0) is 11.4. The SMILES string of the molecule is N#CCc1c(Br)cnc(CN)c1C(F)F. The fraction of sp³-hybridized carbons (Fsp3) is 0.333. The van der Waals surface area contributed by atoms with E-state index in [1.807, 2.05) is 6.07 Å². The molecule has 0 aliphatic heterocycles. The van der Waals surface area contributed by atoms with Crippen LogP contribution in [0.4, 0.5) is 8.78 Å². The molecule has 1 aromatic heterocycles. The van der Waals surface area contributed by atoms with Gasteiger partial charge in [0.15, 0.2) is 0 Å². The number of rotatable bonds is 3. The maximum Gasteiger partial charge on any atom is 0.265 e. The first-order chi connectivity index (χ1) is 7.11. The van der Waals surface area contributed by atoms with Crippen LogP contribution in [0, 0.1) is 11.3 Å². The third kappa shape index (κ3) is 2.49. The highest BCUT2D eigenvalue weighted by Gasteiger charge is 2.20. The zero-order valence-corrected chi connectivity index (χ0v) is 9.26. The van der Waals surface area contributed by atoms with Gasteiger partial charge in [0.25, 0.3) is 6.43 Å². The second-order valence-corrected chi connectivity index (χ2v) is 3.64. The molecule has 0 radical (unpaired) electrons. The van der Waals surface area contributed by atoms with Crippen LogP contribution in [-0.2, 0) is 13.0 Å². The fourth-order valence-corrected chi connectivity index (χ4v) is 1.72. The highest BCUT2D eigenvalue weighted by Crippen LogP contribution is 2.30. The van der Waals surface area contributed by atoms with E-state index in [1.54, 1.807) is 0 Å². The average molecular weight is 276 g/mol. The first-order valence-corrected chi connectivity index (χ1v) is 4.92. The summed E-state index contributed by atoms with van der Waals surface area (Å²) in [6.07, 6.45) is -1.37. The van der Waals surface area contributed by atoms with Crippen LogP contribution in [0.2, 0.25) is 0 Å². The lowest BCUT2D eigenvalue weighted by molar-refractivity contribution is 0.148. The van der Waals surface area contributed by atoms with Crippen molar-refractivity contribution >= 4 is 15.9 Å². The van der Waals surface area contributed by atoms with Crippen molar-refractivity contribution in [1.29, 1.82) is 5.26 Å². The maximum atomic E-state index is 12.8. The van der Waals surface area contributed by atoms with Gasteiger partial charge in [0.05, 0.1) is 18.2 Å². The predicted molar refractivity (Wildman–Crippen MR) is 54.1 cm³/mol. The summed E-state index contributed by atoms with van der Waals surface area (Å²) in [5.74, 6) is 0. The second-order valence-electron chi connectivity index (χ2n) is 2.78. The Labute approximate surface area is 94.0 Å². The average Bonchev–Trinajstić information content (AvgIpc) is 2.20. The van der Waals surface area contributed by atoms with E-state index in [1.165, 1.54) is 6.20 Å². The molecule has 0 bridgehead atoms. The van der Waals surface area contributed by atoms with Crippen molar-refractivity contribution in [2.45, 2.75) is 19.4 Å². The molecule has 0 amide bonds. The van der Waals surface area contributed by atoms with Crippen molar-refractivity contribution in [3.05, 3.63) is 27.5 Å². The van der Waals surface area contributed by atoms with E-state index in [-0.39, 0.29) is 29.8 Å². The van der Waals surface area contributed by atoms with Gasteiger partial charge < -0.3 is 5.73 Å². The van der Waals surface area contributed by atoms with Crippen LogP contribution in [-0.4, -0.2) is 4.98 Å². The first kappa shape index (κ1) is 12.0. The number of hydrogen-bond donors (Lipinski definition) is 1. The molecule has 1 aromatic rings. The Balaban J connectivity index is 3.38. The molecule has 0 aliphatic carbocycles. The molecule has 15 heavy (non-hydrogen) atoms. The summed E-state index contributed by atoms with van der Waals surface area (Å²) in [6, 6.07) is 1.84. The van der Waals surface area contributed by atoms with Crippen LogP contribution in [0.25, 0.3) is 0 Å². The molecule has 1 rings (SSSR count). The molecule has 1 heterocycles. The minimum Gasteiger partial charge on any atom is -0.325 e. The van der Waals surface area contributed by atoms with Crippen LogP contribution in [0.3, 0.4) is 0 Å². The Morgan fingerprint density at radius 3 is 2.73 bits per heavy atom. The van der Waals surface area contributed by atoms with Crippen molar-refractivity contribution in [2.24, 2.45) is 5.73 Å². The van der Waals surface area contributed by atoms with Gasteiger partial charge in [-0.1, -0.05) is 0 Å². The van der Waals surface area contributed by atoms with Crippen molar-refractivity contribution in [2.75, 3.05) is 0 Å². The van der Waals surface area contributed by atoms with Gasteiger partial charge in [-0.3, -0.25) is 4.98 Å². The first-order valence-electron chi connectivity index (χ1n) is 4.13. The molecule has 0 saturated heterocycles. The topological polar surface area (TPSA) is 62.7 Å². The highest BCUT2D eigenvalue weighted by atomic mass is 79.9. The molecule has 0 aromatic carbocycles. The number of aromatic nitrogens is 1. The maximum absolute atomic E-state index is 12.8. The van der Waals surface area contributed by atoms with Crippen LogP contribution < -0.4 is 5.73 Å². The van der Waals surface area contributed by atoms with Gasteiger partial charge in [-0.25, -0.2) is 8.78 Å². The summed E-state index contributed by atoms with van der Waals surface area (Å²) in [5, 5.41) is 8.55. The zero-order valence-electron chi connectivity index (χ0n) is 7.67. The Hall–Kier alpha value is -1.06. The molecular formula is C9H8BrF2N3. The number of pyridine rings is 1. The van der Waals surface area contributed by atoms with E-state index in [0.29, 0.717) is 4.47 Å². The normalized spacial score (nSPS) is 10.4. The molecule has 0 aliphatic rings. The summed E-state index contributed by atoms with van der Waals surface area (Å²) in [4.78, 5) is 3.80. The molecule has 2 N–H and O–H groups in total. The number of hydrogen-bond acceptors (Lipinski definition) is 3. The fourth-order valence-electron chi connectivity index (χ4n) is 1.26. The van der Waals surface area contributed by atoms with Gasteiger partial charge >= 0.3 is 0 Å². The molecular weight excluding hydrogens is 268 g/mol. The van der Waals surface area contributed by atoms with Crippen molar-refractivity contribution in [3.8, 4) is 6.07 Å². The number of nitriles is 1. The summed E-state index contributed by atoms with van der Waals surface area (Å²) in [7, 11) is 0. The number of nitrogens with zero attached hydrogens (tertiary/aromatic N) is 2. The third-order valence-electron chi connectivity index (χ3n) is 1.93. The van der Waals surface area contributed by atoms with E-state index >= 15 is 0 Å². The molecule has 6 heteroatoms. The van der Waals surface area contributed by atoms with Crippen LogP contribution in [0.15, 0.2) is 10.7 Å². The summed E-state index contributed by atoms with van der Waals surface area (Å²) in [5.41, 5.74) is 5.49. The Morgan fingerprint density at radius 2 is 2.27 bits per heavy atom. The molecule has 0 saturated carbocycles. The van der Waals surface area contributed by atoms with Crippen molar-refractivity contribution in [3.63, 3.8) is 0 Å². The van der Waals surface area contributed by atoms with E-state index in [2.05, 4.69) is 20.9 Å². The quantitative estimate of drug-likeness (QED) is 0.921. The monoisotopic (exact) mass is 275 g/mol. The van der Waals surface area contributed by atoms with Gasteiger partial charge in [-0.15, -0.1) is 0 Å².